The Bertz CT molecular complexity index is 695. The van der Waals surface area contributed by atoms with Crippen LogP contribution in [0.2, 0.25) is 0 Å². The van der Waals surface area contributed by atoms with Gasteiger partial charge in [-0.2, -0.15) is 0 Å². The summed E-state index contributed by atoms with van der Waals surface area (Å²) in [7, 11) is 0. The molecule has 0 aliphatic rings. The molecule has 0 aliphatic carbocycles. The first-order chi connectivity index (χ1) is 10.8. The van der Waals surface area contributed by atoms with Crippen LogP contribution in [0.15, 0.2) is 36.6 Å². The van der Waals surface area contributed by atoms with E-state index < -0.39 is 0 Å². The van der Waals surface area contributed by atoms with E-state index in [0.29, 0.717) is 17.3 Å². The monoisotopic (exact) mass is 316 g/mol. The van der Waals surface area contributed by atoms with Gasteiger partial charge in [-0.1, -0.05) is 0 Å². The van der Waals surface area contributed by atoms with Crippen molar-refractivity contribution in [3.8, 4) is 0 Å². The molecule has 8 nitrogen and oxygen atoms in total. The minimum Gasteiger partial charge on any atom is -0.393 e. The van der Waals surface area contributed by atoms with Crippen LogP contribution in [0.25, 0.3) is 0 Å². The first-order valence-corrected chi connectivity index (χ1v) is 7.67. The molecule has 3 heterocycles. The molecule has 22 heavy (non-hydrogen) atoms. The van der Waals surface area contributed by atoms with E-state index in [0.717, 1.165) is 24.6 Å². The normalized spacial score (nSPS) is 10.5. The summed E-state index contributed by atoms with van der Waals surface area (Å²) in [4.78, 5) is 16.5. The van der Waals surface area contributed by atoms with Crippen molar-refractivity contribution in [1.82, 2.24) is 24.5 Å². The van der Waals surface area contributed by atoms with E-state index in [9.17, 15) is 0 Å². The lowest BCUT2D eigenvalue weighted by Gasteiger charge is -2.11. The zero-order valence-corrected chi connectivity index (χ0v) is 12.6. The first-order valence-electron chi connectivity index (χ1n) is 6.79. The topological polar surface area (TPSA) is 107 Å². The molecule has 0 bridgehead atoms. The number of hydrogen-bond donors (Lipinski definition) is 3. The highest BCUT2D eigenvalue weighted by atomic mass is 32.1. The zero-order valence-electron chi connectivity index (χ0n) is 11.8. The average molecular weight is 316 g/mol. The molecule has 9 heteroatoms. The van der Waals surface area contributed by atoms with E-state index in [1.165, 1.54) is 17.7 Å². The maximum atomic E-state index is 6.09. The first kappa shape index (κ1) is 14.3. The molecule has 0 aliphatic heterocycles. The Morgan fingerprint density at radius 2 is 2.09 bits per heavy atom. The van der Waals surface area contributed by atoms with E-state index >= 15 is 0 Å². The maximum absolute atomic E-state index is 6.09. The van der Waals surface area contributed by atoms with Crippen molar-refractivity contribution in [3.63, 3.8) is 0 Å². The molecule has 114 valence electrons. The van der Waals surface area contributed by atoms with Gasteiger partial charge in [-0.3, -0.25) is 0 Å². The summed E-state index contributed by atoms with van der Waals surface area (Å²) in [6.07, 6.45) is 9.65. The molecule has 3 aromatic heterocycles. The molecule has 0 atom stereocenters. The van der Waals surface area contributed by atoms with Crippen LogP contribution >= 0.6 is 11.3 Å². The largest absolute Gasteiger partial charge is 0.393 e. The molecule has 0 saturated heterocycles. The van der Waals surface area contributed by atoms with Crippen molar-refractivity contribution in [2.75, 3.05) is 22.9 Å². The Balaban J connectivity index is 1.56. The van der Waals surface area contributed by atoms with Crippen LogP contribution in [0.4, 0.5) is 22.5 Å². The van der Waals surface area contributed by atoms with E-state index in [4.69, 9.17) is 5.73 Å². The number of aryl methyl sites for hydroxylation is 1. The molecular weight excluding hydrogens is 300 g/mol. The molecule has 0 saturated carbocycles. The van der Waals surface area contributed by atoms with Crippen molar-refractivity contribution >= 4 is 33.8 Å². The Morgan fingerprint density at radius 1 is 1.18 bits per heavy atom. The van der Waals surface area contributed by atoms with Gasteiger partial charge >= 0.3 is 0 Å². The van der Waals surface area contributed by atoms with Gasteiger partial charge in [0.15, 0.2) is 16.8 Å². The molecule has 0 amide bonds. The summed E-state index contributed by atoms with van der Waals surface area (Å²) < 4.78 is 2.03. The zero-order chi connectivity index (χ0) is 15.2. The predicted molar refractivity (Wildman–Crippen MR) is 87.2 cm³/mol. The van der Waals surface area contributed by atoms with Crippen LogP contribution in [0.1, 0.15) is 6.42 Å². The second-order valence-electron chi connectivity index (χ2n) is 4.53. The SMILES string of the molecule is Nc1c(NCCCn2ccnc2)ncnc1Nc1nccs1. The lowest BCUT2D eigenvalue weighted by molar-refractivity contribution is 0.660. The summed E-state index contributed by atoms with van der Waals surface area (Å²) in [6.45, 7) is 1.65. The number of anilines is 4. The number of aromatic nitrogens is 5. The maximum Gasteiger partial charge on any atom is 0.188 e. The third-order valence-electron chi connectivity index (χ3n) is 2.99. The van der Waals surface area contributed by atoms with Gasteiger partial charge in [0, 0.05) is 37.1 Å². The molecule has 0 radical (unpaired) electrons. The molecule has 0 unspecified atom stereocenters. The third kappa shape index (κ3) is 3.50. The van der Waals surface area contributed by atoms with Crippen LogP contribution in [0.5, 0.6) is 0 Å². The lowest BCUT2D eigenvalue weighted by Crippen LogP contribution is -2.10. The second-order valence-corrected chi connectivity index (χ2v) is 5.42. The number of rotatable bonds is 7. The van der Waals surface area contributed by atoms with Crippen LogP contribution < -0.4 is 16.4 Å². The fourth-order valence-electron chi connectivity index (χ4n) is 1.91. The van der Waals surface area contributed by atoms with Crippen LogP contribution in [0, 0.1) is 0 Å². The summed E-state index contributed by atoms with van der Waals surface area (Å²) in [5, 5.41) is 8.94. The van der Waals surface area contributed by atoms with Gasteiger partial charge in [0.1, 0.15) is 12.0 Å². The summed E-state index contributed by atoms with van der Waals surface area (Å²) in [5.41, 5.74) is 6.57. The van der Waals surface area contributed by atoms with Gasteiger partial charge in [-0.15, -0.1) is 11.3 Å². The number of hydrogen-bond acceptors (Lipinski definition) is 8. The lowest BCUT2D eigenvalue weighted by atomic mass is 10.4. The quantitative estimate of drug-likeness (QED) is 0.572. The second kappa shape index (κ2) is 6.85. The van der Waals surface area contributed by atoms with Gasteiger partial charge < -0.3 is 20.9 Å². The van der Waals surface area contributed by atoms with Crippen LogP contribution in [0.3, 0.4) is 0 Å². The molecule has 3 aromatic rings. The Morgan fingerprint density at radius 3 is 2.86 bits per heavy atom. The van der Waals surface area contributed by atoms with Crippen molar-refractivity contribution in [1.29, 1.82) is 0 Å². The van der Waals surface area contributed by atoms with Gasteiger partial charge in [0.05, 0.1) is 6.33 Å². The minimum absolute atomic E-state index is 0.486. The van der Waals surface area contributed by atoms with Crippen LogP contribution in [-0.4, -0.2) is 31.0 Å². The number of nitrogen functional groups attached to an aromatic ring is 1. The van der Waals surface area contributed by atoms with Crippen molar-refractivity contribution in [3.05, 3.63) is 36.6 Å². The van der Waals surface area contributed by atoms with Gasteiger partial charge in [-0.25, -0.2) is 19.9 Å². The molecule has 3 rings (SSSR count). The Kier molecular flexibility index (Phi) is 4.44. The van der Waals surface area contributed by atoms with Gasteiger partial charge in [0.25, 0.3) is 0 Å². The number of nitrogens with two attached hydrogens (primary N) is 1. The summed E-state index contributed by atoms with van der Waals surface area (Å²) in [5.74, 6) is 1.18. The van der Waals surface area contributed by atoms with E-state index in [-0.39, 0.29) is 0 Å². The number of thiazole rings is 1. The summed E-state index contributed by atoms with van der Waals surface area (Å²) in [6, 6.07) is 0. The standard InChI is InChI=1S/C13H16N8S/c14-10-11(16-2-1-5-21-6-3-15-9-21)18-8-19-12(10)20-13-17-4-7-22-13/h3-4,6-9H,1-2,5,14H2,(H2,16,17,18,19,20). The van der Waals surface area contributed by atoms with Crippen molar-refractivity contribution in [2.24, 2.45) is 0 Å². The highest BCUT2D eigenvalue weighted by Crippen LogP contribution is 2.26. The molecule has 4 N–H and O–H groups in total. The van der Waals surface area contributed by atoms with Gasteiger partial charge in [0.2, 0.25) is 0 Å². The van der Waals surface area contributed by atoms with E-state index in [2.05, 4.69) is 30.6 Å². The van der Waals surface area contributed by atoms with E-state index in [1.807, 2.05) is 16.1 Å². The molecule has 0 aromatic carbocycles. The van der Waals surface area contributed by atoms with Crippen molar-refractivity contribution < 1.29 is 0 Å². The predicted octanol–water partition coefficient (Wildman–Crippen LogP) is 1.96. The molecular formula is C13H16N8S. The Hall–Kier alpha value is -2.68. The average Bonchev–Trinajstić information content (AvgIpc) is 3.20. The van der Waals surface area contributed by atoms with Crippen molar-refractivity contribution in [2.45, 2.75) is 13.0 Å². The molecule has 0 fully saturated rings. The Labute approximate surface area is 131 Å². The smallest absolute Gasteiger partial charge is 0.188 e. The minimum atomic E-state index is 0.486. The number of nitrogens with one attached hydrogen (secondary N) is 2. The van der Waals surface area contributed by atoms with Gasteiger partial charge in [-0.05, 0) is 6.42 Å². The number of imidazole rings is 1. The third-order valence-corrected chi connectivity index (χ3v) is 3.67. The molecule has 0 spiro atoms. The highest BCUT2D eigenvalue weighted by molar-refractivity contribution is 7.13. The highest BCUT2D eigenvalue weighted by Gasteiger charge is 2.08. The summed E-state index contributed by atoms with van der Waals surface area (Å²) >= 11 is 1.49. The fraction of sp³-hybridized carbons (Fsp3) is 0.231. The van der Waals surface area contributed by atoms with Crippen LogP contribution in [-0.2, 0) is 6.54 Å². The number of nitrogens with zero attached hydrogens (tertiary/aromatic N) is 5. The fourth-order valence-corrected chi connectivity index (χ4v) is 2.44. The van der Waals surface area contributed by atoms with E-state index in [1.54, 1.807) is 18.7 Å².